The van der Waals surface area contributed by atoms with Gasteiger partial charge in [-0.15, -0.1) is 12.6 Å². The molecule has 1 nitrogen and oxygen atoms in total. The number of thiol groups is 2. The highest BCUT2D eigenvalue weighted by Gasteiger charge is 1.85. The predicted octanol–water partition coefficient (Wildman–Crippen LogP) is 2.10. The Morgan fingerprint density at radius 1 is 1.20 bits per heavy atom. The number of hydrogen-bond donors (Lipinski definition) is 3. The van der Waals surface area contributed by atoms with Crippen LogP contribution in [-0.2, 0) is 0 Å². The van der Waals surface area contributed by atoms with E-state index in [1.54, 1.807) is 6.26 Å². The number of benzene rings is 1. The lowest BCUT2D eigenvalue weighted by molar-refractivity contribution is 1.48. The van der Waals surface area contributed by atoms with Crippen LogP contribution in [0.5, 0.6) is 0 Å². The Morgan fingerprint density at radius 2 is 1.70 bits per heavy atom. The molecular formula is C7H11NS2. The van der Waals surface area contributed by atoms with E-state index >= 15 is 0 Å². The molecule has 0 aliphatic carbocycles. The summed E-state index contributed by atoms with van der Waals surface area (Å²) in [6.45, 7) is 0. The summed E-state index contributed by atoms with van der Waals surface area (Å²) >= 11 is 7.60. The van der Waals surface area contributed by atoms with Gasteiger partial charge in [-0.3, -0.25) is 0 Å². The molecule has 0 aromatic heterocycles. The van der Waals surface area contributed by atoms with Gasteiger partial charge in [0.1, 0.15) is 0 Å². The minimum atomic E-state index is 0.732. The number of rotatable bonds is 0. The minimum Gasteiger partial charge on any atom is -0.398 e. The minimum absolute atomic E-state index is 0.732. The molecule has 0 saturated carbocycles. The molecule has 0 amide bonds. The molecular weight excluding hydrogens is 162 g/mol. The van der Waals surface area contributed by atoms with Crippen molar-refractivity contribution >= 4 is 30.9 Å². The van der Waals surface area contributed by atoms with E-state index in [0.717, 1.165) is 10.6 Å². The smallest absolute Gasteiger partial charge is 0.0449 e. The fourth-order valence-electron chi connectivity index (χ4n) is 0.488. The van der Waals surface area contributed by atoms with Crippen molar-refractivity contribution in [2.45, 2.75) is 4.90 Å². The van der Waals surface area contributed by atoms with E-state index in [2.05, 4.69) is 25.3 Å². The Bertz CT molecular complexity index is 168. The van der Waals surface area contributed by atoms with Crippen LogP contribution in [-0.4, -0.2) is 6.26 Å². The third kappa shape index (κ3) is 3.03. The fourth-order valence-corrected chi connectivity index (χ4v) is 0.648. The molecule has 0 unspecified atom stereocenters. The molecule has 0 heterocycles. The van der Waals surface area contributed by atoms with Gasteiger partial charge >= 0.3 is 0 Å². The molecule has 2 N–H and O–H groups in total. The highest BCUT2D eigenvalue weighted by Crippen LogP contribution is 2.13. The van der Waals surface area contributed by atoms with Gasteiger partial charge < -0.3 is 5.73 Å². The van der Waals surface area contributed by atoms with Crippen molar-refractivity contribution in [3.05, 3.63) is 24.3 Å². The summed E-state index contributed by atoms with van der Waals surface area (Å²) < 4.78 is 0. The van der Waals surface area contributed by atoms with Crippen LogP contribution in [0.1, 0.15) is 0 Å². The second-order valence-corrected chi connectivity index (χ2v) is 2.04. The molecule has 1 aromatic carbocycles. The topological polar surface area (TPSA) is 26.0 Å². The Hall–Kier alpha value is -0.280. The standard InChI is InChI=1S/C6H7NS.CH4S/c7-5-3-1-2-4-6(5)8;1-2/h1-4,8H,7H2;2H,1H3. The van der Waals surface area contributed by atoms with Crippen LogP contribution < -0.4 is 5.73 Å². The largest absolute Gasteiger partial charge is 0.398 e. The summed E-state index contributed by atoms with van der Waals surface area (Å²) in [6.07, 6.45) is 1.69. The van der Waals surface area contributed by atoms with E-state index in [1.807, 2.05) is 24.3 Å². The Labute approximate surface area is 72.5 Å². The first-order valence-electron chi connectivity index (χ1n) is 2.79. The van der Waals surface area contributed by atoms with Crippen molar-refractivity contribution in [1.29, 1.82) is 0 Å². The molecule has 1 rings (SSSR count). The number of anilines is 1. The molecule has 0 spiro atoms. The summed E-state index contributed by atoms with van der Waals surface area (Å²) in [5, 5.41) is 0. The molecule has 0 fully saturated rings. The molecule has 0 saturated heterocycles. The number of nitrogens with two attached hydrogens (primary N) is 1. The maximum absolute atomic E-state index is 5.44. The SMILES string of the molecule is CS.Nc1ccccc1S. The fraction of sp³-hybridized carbons (Fsp3) is 0.143. The summed E-state index contributed by atoms with van der Waals surface area (Å²) in [6, 6.07) is 7.47. The van der Waals surface area contributed by atoms with E-state index < -0.39 is 0 Å². The van der Waals surface area contributed by atoms with Gasteiger partial charge in [0, 0.05) is 10.6 Å². The Morgan fingerprint density at radius 3 is 2.00 bits per heavy atom. The van der Waals surface area contributed by atoms with E-state index in [4.69, 9.17) is 5.73 Å². The van der Waals surface area contributed by atoms with Crippen molar-refractivity contribution in [3.8, 4) is 0 Å². The van der Waals surface area contributed by atoms with Crippen LogP contribution in [0.25, 0.3) is 0 Å². The van der Waals surface area contributed by atoms with E-state index in [-0.39, 0.29) is 0 Å². The zero-order valence-electron chi connectivity index (χ0n) is 5.78. The van der Waals surface area contributed by atoms with Gasteiger partial charge in [0.15, 0.2) is 0 Å². The van der Waals surface area contributed by atoms with Gasteiger partial charge in [-0.05, 0) is 18.4 Å². The maximum atomic E-state index is 5.44. The van der Waals surface area contributed by atoms with Crippen LogP contribution in [0.15, 0.2) is 29.2 Å². The molecule has 10 heavy (non-hydrogen) atoms. The molecule has 1 aromatic rings. The Balaban J connectivity index is 0.000000371. The lowest BCUT2D eigenvalue weighted by atomic mass is 10.3. The summed E-state index contributed by atoms with van der Waals surface area (Å²) in [4.78, 5) is 0.840. The third-order valence-electron chi connectivity index (χ3n) is 0.937. The maximum Gasteiger partial charge on any atom is 0.0449 e. The van der Waals surface area contributed by atoms with Gasteiger partial charge in [-0.2, -0.15) is 12.6 Å². The summed E-state index contributed by atoms with van der Waals surface area (Å²) in [5.74, 6) is 0. The van der Waals surface area contributed by atoms with Gasteiger partial charge in [0.05, 0.1) is 0 Å². The number of hydrogen-bond acceptors (Lipinski definition) is 3. The van der Waals surface area contributed by atoms with Crippen molar-refractivity contribution in [1.82, 2.24) is 0 Å². The molecule has 0 aliphatic rings. The lowest BCUT2D eigenvalue weighted by Crippen LogP contribution is -1.83. The summed E-state index contributed by atoms with van der Waals surface area (Å²) in [5.41, 5.74) is 6.18. The van der Waals surface area contributed by atoms with E-state index in [1.165, 1.54) is 0 Å². The predicted molar refractivity (Wildman–Crippen MR) is 53.0 cm³/mol. The summed E-state index contributed by atoms with van der Waals surface area (Å²) in [7, 11) is 0. The second kappa shape index (κ2) is 5.50. The van der Waals surface area contributed by atoms with Gasteiger partial charge in [0.25, 0.3) is 0 Å². The van der Waals surface area contributed by atoms with Crippen molar-refractivity contribution < 1.29 is 0 Å². The normalized spacial score (nSPS) is 7.90. The average Bonchev–Trinajstić information content (AvgIpc) is 2.00. The first-order valence-corrected chi connectivity index (χ1v) is 4.13. The molecule has 0 radical (unpaired) electrons. The van der Waals surface area contributed by atoms with Crippen LogP contribution in [0.4, 0.5) is 5.69 Å². The monoisotopic (exact) mass is 173 g/mol. The average molecular weight is 173 g/mol. The molecule has 0 bridgehead atoms. The number of para-hydroxylation sites is 1. The van der Waals surface area contributed by atoms with Crippen LogP contribution in [0, 0.1) is 0 Å². The van der Waals surface area contributed by atoms with Crippen LogP contribution >= 0.6 is 25.3 Å². The lowest BCUT2D eigenvalue weighted by Gasteiger charge is -1.92. The molecule has 0 atom stereocenters. The zero-order chi connectivity index (χ0) is 7.98. The van der Waals surface area contributed by atoms with E-state index in [9.17, 15) is 0 Å². The number of nitrogen functional groups attached to an aromatic ring is 1. The zero-order valence-corrected chi connectivity index (χ0v) is 7.57. The van der Waals surface area contributed by atoms with Crippen molar-refractivity contribution in [3.63, 3.8) is 0 Å². The van der Waals surface area contributed by atoms with Gasteiger partial charge in [-0.25, -0.2) is 0 Å². The van der Waals surface area contributed by atoms with Crippen LogP contribution in [0.3, 0.4) is 0 Å². The van der Waals surface area contributed by atoms with Gasteiger partial charge in [0.2, 0.25) is 0 Å². The molecule has 3 heteroatoms. The molecule has 56 valence electrons. The third-order valence-corrected chi connectivity index (χ3v) is 1.34. The second-order valence-electron chi connectivity index (χ2n) is 1.56. The van der Waals surface area contributed by atoms with Crippen molar-refractivity contribution in [2.24, 2.45) is 0 Å². The first-order chi connectivity index (χ1) is 4.80. The highest BCUT2D eigenvalue weighted by molar-refractivity contribution is 7.80. The van der Waals surface area contributed by atoms with E-state index in [0.29, 0.717) is 0 Å². The van der Waals surface area contributed by atoms with Crippen LogP contribution in [0.2, 0.25) is 0 Å². The van der Waals surface area contributed by atoms with Gasteiger partial charge in [-0.1, -0.05) is 12.1 Å². The quantitative estimate of drug-likeness (QED) is 0.406. The first kappa shape index (κ1) is 9.72. The highest BCUT2D eigenvalue weighted by atomic mass is 32.1. The van der Waals surface area contributed by atoms with Crippen molar-refractivity contribution in [2.75, 3.05) is 12.0 Å². The molecule has 0 aliphatic heterocycles. The Kier molecular flexibility index (Phi) is 5.35.